The third-order valence-corrected chi connectivity index (χ3v) is 7.59. The lowest BCUT2D eigenvalue weighted by atomic mass is 9.81. The van der Waals surface area contributed by atoms with Gasteiger partial charge in [0, 0.05) is 38.9 Å². The van der Waals surface area contributed by atoms with Crippen LogP contribution in [0.25, 0.3) is 0 Å². The highest BCUT2D eigenvalue weighted by Crippen LogP contribution is 2.41. The number of amides is 2. The summed E-state index contributed by atoms with van der Waals surface area (Å²) >= 11 is 0. The largest absolute Gasteiger partial charge is 0.486 e. The number of hydrogen-bond donors (Lipinski definition) is 0. The second kappa shape index (κ2) is 9.08. The maximum Gasteiger partial charge on any atom is 0.339 e. The Morgan fingerprint density at radius 2 is 1.81 bits per heavy atom. The summed E-state index contributed by atoms with van der Waals surface area (Å²) in [5, 5.41) is 0. The number of ether oxygens (including phenoxy) is 2. The van der Waals surface area contributed by atoms with Crippen molar-refractivity contribution in [3.05, 3.63) is 58.7 Å². The van der Waals surface area contributed by atoms with Gasteiger partial charge in [0.2, 0.25) is 11.8 Å². The minimum absolute atomic E-state index is 0.0783. The van der Waals surface area contributed by atoms with E-state index in [4.69, 9.17) is 9.47 Å². The van der Waals surface area contributed by atoms with E-state index >= 15 is 0 Å². The van der Waals surface area contributed by atoms with E-state index in [9.17, 15) is 19.2 Å². The van der Waals surface area contributed by atoms with Crippen LogP contribution < -0.4 is 9.64 Å². The van der Waals surface area contributed by atoms with Gasteiger partial charge in [-0.2, -0.15) is 0 Å². The van der Waals surface area contributed by atoms with Gasteiger partial charge in [0.15, 0.2) is 5.78 Å². The van der Waals surface area contributed by atoms with Crippen molar-refractivity contribution < 1.29 is 28.7 Å². The highest BCUT2D eigenvalue weighted by molar-refractivity contribution is 6.06. The quantitative estimate of drug-likeness (QED) is 0.612. The van der Waals surface area contributed by atoms with E-state index < -0.39 is 17.5 Å². The molecule has 0 aromatic heterocycles. The van der Waals surface area contributed by atoms with Crippen LogP contribution in [-0.2, 0) is 14.3 Å². The maximum atomic E-state index is 13.4. The molecule has 3 aliphatic heterocycles. The predicted octanol–water partition coefficient (Wildman–Crippen LogP) is 3.47. The van der Waals surface area contributed by atoms with Gasteiger partial charge in [-0.1, -0.05) is 18.2 Å². The van der Waals surface area contributed by atoms with E-state index in [0.717, 1.165) is 11.1 Å². The fourth-order valence-electron chi connectivity index (χ4n) is 5.79. The number of nitrogens with zero attached hydrogens (tertiary/aromatic N) is 2. The number of ketones is 1. The number of hydrogen-bond acceptors (Lipinski definition) is 6. The number of aryl methyl sites for hydroxylation is 2. The van der Waals surface area contributed by atoms with Gasteiger partial charge in [-0.3, -0.25) is 14.4 Å². The van der Waals surface area contributed by atoms with Gasteiger partial charge >= 0.3 is 5.97 Å². The Bertz CT molecular complexity index is 1260. The van der Waals surface area contributed by atoms with Crippen LogP contribution in [0.3, 0.4) is 0 Å². The third-order valence-electron chi connectivity index (χ3n) is 7.59. The van der Waals surface area contributed by atoms with Crippen molar-refractivity contribution in [3.8, 4) is 5.75 Å². The summed E-state index contributed by atoms with van der Waals surface area (Å²) in [6.45, 7) is 5.07. The van der Waals surface area contributed by atoms with Crippen LogP contribution in [0.1, 0.15) is 57.5 Å². The van der Waals surface area contributed by atoms with E-state index in [-0.39, 0.29) is 30.6 Å². The average Bonchev–Trinajstić information content (AvgIpc) is 3.24. The average molecular weight is 491 g/mol. The van der Waals surface area contributed by atoms with E-state index in [2.05, 4.69) is 0 Å². The summed E-state index contributed by atoms with van der Waals surface area (Å²) in [6.07, 6.45) is 1.53. The maximum absolute atomic E-state index is 13.4. The van der Waals surface area contributed by atoms with Gasteiger partial charge in [-0.15, -0.1) is 0 Å². The number of carbonyl (C=O) groups excluding carboxylic acids is 4. The number of piperidine rings is 1. The predicted molar refractivity (Wildman–Crippen MR) is 132 cm³/mol. The summed E-state index contributed by atoms with van der Waals surface area (Å²) in [4.78, 5) is 54.6. The lowest BCUT2D eigenvalue weighted by molar-refractivity contribution is -0.139. The molecule has 5 rings (SSSR count). The highest BCUT2D eigenvalue weighted by atomic mass is 16.5. The molecular weight excluding hydrogens is 460 g/mol. The Morgan fingerprint density at radius 3 is 2.53 bits per heavy atom. The van der Waals surface area contributed by atoms with E-state index in [0.29, 0.717) is 54.9 Å². The molecule has 1 atom stereocenters. The van der Waals surface area contributed by atoms with Gasteiger partial charge in [0.25, 0.3) is 0 Å². The Hall–Kier alpha value is -3.68. The first-order valence-electron chi connectivity index (χ1n) is 12.3. The zero-order chi connectivity index (χ0) is 25.6. The molecule has 0 radical (unpaired) electrons. The Kier molecular flexibility index (Phi) is 6.06. The number of rotatable bonds is 3. The molecule has 0 bridgehead atoms. The number of Topliss-reactive ketones (excluding diaryl/α,β-unsaturated/α-hetero) is 1. The van der Waals surface area contributed by atoms with Crippen LogP contribution in [0.5, 0.6) is 5.75 Å². The van der Waals surface area contributed by atoms with Gasteiger partial charge in [-0.25, -0.2) is 4.79 Å². The number of fused-ring (bicyclic) bond motifs is 1. The second-order valence-electron chi connectivity index (χ2n) is 10.1. The molecule has 0 N–H and O–H groups in total. The molecule has 188 valence electrons. The first-order chi connectivity index (χ1) is 17.2. The lowest BCUT2D eigenvalue weighted by Gasteiger charge is -2.44. The summed E-state index contributed by atoms with van der Waals surface area (Å²) in [5.41, 5.74) is 2.81. The Balaban J connectivity index is 1.27. The van der Waals surface area contributed by atoms with Crippen LogP contribution in [0, 0.1) is 19.8 Å². The van der Waals surface area contributed by atoms with Gasteiger partial charge < -0.3 is 19.3 Å². The van der Waals surface area contributed by atoms with Crippen LogP contribution in [0.4, 0.5) is 5.69 Å². The molecule has 2 amide bonds. The van der Waals surface area contributed by atoms with Crippen molar-refractivity contribution >= 4 is 29.3 Å². The molecule has 2 saturated heterocycles. The van der Waals surface area contributed by atoms with Crippen LogP contribution in [-0.4, -0.2) is 60.8 Å². The van der Waals surface area contributed by atoms with Gasteiger partial charge in [0.05, 0.1) is 36.3 Å². The molecule has 2 fully saturated rings. The minimum atomic E-state index is -0.599. The number of carbonyl (C=O) groups is 4. The number of para-hydroxylation sites is 1. The zero-order valence-corrected chi connectivity index (χ0v) is 20.8. The summed E-state index contributed by atoms with van der Waals surface area (Å²) in [5.74, 6) is -0.549. The molecule has 2 aromatic rings. The van der Waals surface area contributed by atoms with Gasteiger partial charge in [0.1, 0.15) is 11.4 Å². The van der Waals surface area contributed by atoms with Crippen molar-refractivity contribution in [2.75, 3.05) is 31.6 Å². The van der Waals surface area contributed by atoms with Crippen molar-refractivity contribution in [2.24, 2.45) is 5.92 Å². The number of benzene rings is 2. The normalized spacial score (nSPS) is 20.8. The van der Waals surface area contributed by atoms with E-state index in [1.807, 2.05) is 26.0 Å². The molecule has 8 heteroatoms. The molecule has 8 nitrogen and oxygen atoms in total. The Labute approximate surface area is 210 Å². The van der Waals surface area contributed by atoms with Crippen molar-refractivity contribution in [2.45, 2.75) is 45.1 Å². The number of anilines is 1. The molecule has 3 heterocycles. The smallest absolute Gasteiger partial charge is 0.339 e. The third kappa shape index (κ3) is 4.14. The fraction of sp³-hybridized carbons (Fsp3) is 0.429. The molecule has 1 unspecified atom stereocenters. The monoisotopic (exact) mass is 490 g/mol. The zero-order valence-electron chi connectivity index (χ0n) is 20.8. The van der Waals surface area contributed by atoms with Crippen molar-refractivity contribution in [3.63, 3.8) is 0 Å². The summed E-state index contributed by atoms with van der Waals surface area (Å²) < 4.78 is 11.3. The van der Waals surface area contributed by atoms with Crippen LogP contribution in [0.15, 0.2) is 36.4 Å². The van der Waals surface area contributed by atoms with Crippen molar-refractivity contribution in [1.82, 2.24) is 4.90 Å². The van der Waals surface area contributed by atoms with Crippen LogP contribution >= 0.6 is 0 Å². The molecule has 0 saturated carbocycles. The van der Waals surface area contributed by atoms with Crippen molar-refractivity contribution in [1.29, 1.82) is 0 Å². The number of esters is 1. The topological polar surface area (TPSA) is 93.2 Å². The first-order valence-corrected chi connectivity index (χ1v) is 12.3. The summed E-state index contributed by atoms with van der Waals surface area (Å²) in [6, 6.07) is 10.7. The molecule has 2 aromatic carbocycles. The van der Waals surface area contributed by atoms with E-state index in [1.54, 1.807) is 29.2 Å². The fourth-order valence-corrected chi connectivity index (χ4v) is 5.79. The molecule has 36 heavy (non-hydrogen) atoms. The summed E-state index contributed by atoms with van der Waals surface area (Å²) in [7, 11) is 1.30. The second-order valence-corrected chi connectivity index (χ2v) is 10.1. The Morgan fingerprint density at radius 1 is 1.08 bits per heavy atom. The minimum Gasteiger partial charge on any atom is -0.486 e. The molecule has 1 spiro atoms. The first kappa shape index (κ1) is 24.0. The number of methoxy groups -OCH3 is 1. The lowest BCUT2D eigenvalue weighted by Crippen LogP contribution is -2.53. The van der Waals surface area contributed by atoms with Gasteiger partial charge in [-0.05, 0) is 43.2 Å². The van der Waals surface area contributed by atoms with E-state index in [1.165, 1.54) is 12.0 Å². The number of likely N-dealkylation sites (tertiary alicyclic amines) is 1. The SMILES string of the molecule is COC(=O)c1ccccc1N1CC(C(=O)N2CCC3(CC2)CC(=O)c2c(C)cc(C)cc2O3)CC1=O. The van der Waals surface area contributed by atoms with Crippen LogP contribution in [0.2, 0.25) is 0 Å². The molecule has 0 aliphatic carbocycles. The standard InChI is InChI=1S/C28H30N2O6/c1-17-12-18(2)25-22(31)15-28(36-23(25)13-17)8-10-29(11-9-28)26(33)19-14-24(32)30(16-19)21-7-5-4-6-20(21)27(34)35-3/h4-7,12-13,19H,8-11,14-16H2,1-3H3. The molecule has 3 aliphatic rings. The highest BCUT2D eigenvalue weighted by Gasteiger charge is 2.46. The molecular formula is C28H30N2O6.